The number of aromatic nitrogens is 2. The van der Waals surface area contributed by atoms with Crippen LogP contribution in [0.15, 0.2) is 69.9 Å². The lowest BCUT2D eigenvalue weighted by Gasteiger charge is -2.07. The number of hydrogen-bond acceptors (Lipinski definition) is 5. The first-order valence-corrected chi connectivity index (χ1v) is 11.4. The van der Waals surface area contributed by atoms with E-state index < -0.39 is 0 Å². The number of benzene rings is 2. The van der Waals surface area contributed by atoms with Gasteiger partial charge in [0.15, 0.2) is 5.16 Å². The highest BCUT2D eigenvalue weighted by atomic mass is 32.2. The predicted octanol–water partition coefficient (Wildman–Crippen LogP) is 5.95. The van der Waals surface area contributed by atoms with Gasteiger partial charge in [0, 0.05) is 16.7 Å². The summed E-state index contributed by atoms with van der Waals surface area (Å²) in [5, 5.41) is 3.31. The average Bonchev–Trinajstić information content (AvgIpc) is 3.17. The van der Waals surface area contributed by atoms with Crippen molar-refractivity contribution in [1.82, 2.24) is 9.97 Å². The van der Waals surface area contributed by atoms with Crippen LogP contribution in [0.4, 0.5) is 0 Å². The smallest absolute Gasteiger partial charge is 0.260 e. The summed E-state index contributed by atoms with van der Waals surface area (Å²) in [5.41, 5.74) is 3.19. The fourth-order valence-electron chi connectivity index (χ4n) is 3.07. The second-order valence-corrected chi connectivity index (χ2v) is 8.93. The number of thiophene rings is 1. The first-order chi connectivity index (χ1) is 14.1. The molecule has 0 saturated carbocycles. The molecule has 0 aliphatic rings. The van der Waals surface area contributed by atoms with Crippen LogP contribution in [0.2, 0.25) is 0 Å². The van der Waals surface area contributed by atoms with E-state index in [1.54, 1.807) is 0 Å². The molecule has 2 aromatic heterocycles. The lowest BCUT2D eigenvalue weighted by Crippen LogP contribution is -2.09. The van der Waals surface area contributed by atoms with E-state index in [2.05, 4.69) is 48.1 Å². The number of nitrogens with zero attached hydrogens (tertiary/aromatic N) is 1. The van der Waals surface area contributed by atoms with Crippen molar-refractivity contribution in [3.05, 3.63) is 75.9 Å². The molecule has 0 fully saturated rings. The van der Waals surface area contributed by atoms with Crippen LogP contribution in [0.3, 0.4) is 0 Å². The molecule has 6 heteroatoms. The van der Waals surface area contributed by atoms with Gasteiger partial charge in [-0.2, -0.15) is 0 Å². The lowest BCUT2D eigenvalue weighted by molar-refractivity contribution is 0.344. The molecule has 0 amide bonds. The average molecular weight is 423 g/mol. The van der Waals surface area contributed by atoms with Crippen LogP contribution in [0.5, 0.6) is 5.75 Å². The van der Waals surface area contributed by atoms with E-state index >= 15 is 0 Å². The zero-order valence-electron chi connectivity index (χ0n) is 16.3. The van der Waals surface area contributed by atoms with Crippen LogP contribution >= 0.6 is 23.1 Å². The molecule has 0 saturated heterocycles. The molecule has 0 atom stereocenters. The molecule has 0 aliphatic heterocycles. The largest absolute Gasteiger partial charge is 0.493 e. The highest BCUT2D eigenvalue weighted by Crippen LogP contribution is 2.32. The third-order valence-corrected chi connectivity index (χ3v) is 6.35. The second-order valence-electron chi connectivity index (χ2n) is 6.99. The van der Waals surface area contributed by atoms with E-state index in [-0.39, 0.29) is 5.56 Å². The Morgan fingerprint density at radius 2 is 1.86 bits per heavy atom. The van der Waals surface area contributed by atoms with E-state index in [0.717, 1.165) is 21.7 Å². The molecule has 4 rings (SSSR count). The van der Waals surface area contributed by atoms with Crippen molar-refractivity contribution >= 4 is 33.3 Å². The van der Waals surface area contributed by atoms with Gasteiger partial charge < -0.3 is 9.72 Å². The number of para-hydroxylation sites is 1. The van der Waals surface area contributed by atoms with Crippen molar-refractivity contribution < 1.29 is 4.74 Å². The zero-order chi connectivity index (χ0) is 20.2. The molecule has 0 spiro atoms. The van der Waals surface area contributed by atoms with Gasteiger partial charge in [0.2, 0.25) is 0 Å². The maximum absolute atomic E-state index is 12.8. The summed E-state index contributed by atoms with van der Waals surface area (Å²) in [6.45, 7) is 4.90. The number of rotatable bonds is 7. The Hall–Kier alpha value is -2.57. The van der Waals surface area contributed by atoms with Gasteiger partial charge in [0.25, 0.3) is 5.56 Å². The van der Waals surface area contributed by atoms with Gasteiger partial charge in [0.1, 0.15) is 10.6 Å². The number of ether oxygens (including phenoxy) is 1. The van der Waals surface area contributed by atoms with Crippen LogP contribution in [0.1, 0.15) is 25.3 Å². The van der Waals surface area contributed by atoms with Crippen LogP contribution in [0.25, 0.3) is 21.3 Å². The molecular weight excluding hydrogens is 400 g/mol. The van der Waals surface area contributed by atoms with Gasteiger partial charge in [0.05, 0.1) is 12.0 Å². The number of thioether (sulfide) groups is 1. The summed E-state index contributed by atoms with van der Waals surface area (Å²) in [5.74, 6) is 2.04. The van der Waals surface area contributed by atoms with Gasteiger partial charge in [-0.15, -0.1) is 11.3 Å². The molecule has 0 aliphatic carbocycles. The maximum Gasteiger partial charge on any atom is 0.260 e. The Bertz CT molecular complexity index is 1150. The van der Waals surface area contributed by atoms with E-state index in [4.69, 9.17) is 4.74 Å². The second kappa shape index (κ2) is 8.84. The molecule has 2 aromatic carbocycles. The molecule has 148 valence electrons. The number of aromatic amines is 1. The van der Waals surface area contributed by atoms with Crippen LogP contribution in [-0.4, -0.2) is 22.3 Å². The standard InChI is InChI=1S/C23H22N2O2S2/c1-15(2)16-8-10-17(11-9-16)19-14-29-22-20(19)21(26)24-23(25-22)28-13-12-27-18-6-4-3-5-7-18/h3-11,14-15H,12-13H2,1-2H3,(H,24,25,26). The number of fused-ring (bicyclic) bond motifs is 1. The Labute approximate surface area is 178 Å². The number of hydrogen-bond donors (Lipinski definition) is 1. The summed E-state index contributed by atoms with van der Waals surface area (Å²) in [6, 6.07) is 18.1. The lowest BCUT2D eigenvalue weighted by atomic mass is 9.99. The van der Waals surface area contributed by atoms with E-state index in [9.17, 15) is 4.79 Å². The summed E-state index contributed by atoms with van der Waals surface area (Å²) in [4.78, 5) is 21.1. The summed E-state index contributed by atoms with van der Waals surface area (Å²) >= 11 is 3.00. The quantitative estimate of drug-likeness (QED) is 0.227. The number of H-pyrrole nitrogens is 1. The minimum absolute atomic E-state index is 0.0920. The highest BCUT2D eigenvalue weighted by molar-refractivity contribution is 7.99. The molecular formula is C23H22N2O2S2. The third-order valence-electron chi connectivity index (χ3n) is 4.64. The Morgan fingerprint density at radius 1 is 1.10 bits per heavy atom. The predicted molar refractivity (Wildman–Crippen MR) is 122 cm³/mol. The highest BCUT2D eigenvalue weighted by Gasteiger charge is 2.13. The van der Waals surface area contributed by atoms with E-state index in [1.807, 2.05) is 35.7 Å². The normalized spacial score (nSPS) is 11.3. The topological polar surface area (TPSA) is 55.0 Å². The SMILES string of the molecule is CC(C)c1ccc(-c2csc3nc(SCCOc4ccccc4)[nH]c(=O)c23)cc1. The first-order valence-electron chi connectivity index (χ1n) is 9.54. The van der Waals surface area contributed by atoms with Crippen molar-refractivity contribution in [3.8, 4) is 16.9 Å². The Balaban J connectivity index is 1.49. The molecule has 2 heterocycles. The van der Waals surface area contributed by atoms with Gasteiger partial charge in [-0.1, -0.05) is 68.1 Å². The summed E-state index contributed by atoms with van der Waals surface area (Å²) in [6.07, 6.45) is 0. The molecule has 29 heavy (non-hydrogen) atoms. The zero-order valence-corrected chi connectivity index (χ0v) is 18.0. The number of nitrogens with one attached hydrogen (secondary N) is 1. The van der Waals surface area contributed by atoms with Crippen LogP contribution in [-0.2, 0) is 0 Å². The fourth-order valence-corrected chi connectivity index (χ4v) is 4.76. The maximum atomic E-state index is 12.8. The van der Waals surface area contributed by atoms with Gasteiger partial charge >= 0.3 is 0 Å². The fraction of sp³-hybridized carbons (Fsp3) is 0.217. The molecule has 0 radical (unpaired) electrons. The van der Waals surface area contributed by atoms with Gasteiger partial charge in [-0.05, 0) is 29.2 Å². The third kappa shape index (κ3) is 4.54. The van der Waals surface area contributed by atoms with Crippen molar-refractivity contribution in [2.45, 2.75) is 24.9 Å². The first kappa shape index (κ1) is 19.7. The summed E-state index contributed by atoms with van der Waals surface area (Å²) < 4.78 is 5.70. The molecule has 1 N–H and O–H groups in total. The van der Waals surface area contributed by atoms with Crippen LogP contribution < -0.4 is 10.3 Å². The van der Waals surface area contributed by atoms with Gasteiger partial charge in [-0.3, -0.25) is 4.79 Å². The minimum Gasteiger partial charge on any atom is -0.493 e. The van der Waals surface area contributed by atoms with Gasteiger partial charge in [-0.25, -0.2) is 4.98 Å². The van der Waals surface area contributed by atoms with E-state index in [1.165, 1.54) is 28.7 Å². The molecule has 0 bridgehead atoms. The van der Waals surface area contributed by atoms with Crippen molar-refractivity contribution in [3.63, 3.8) is 0 Å². The Morgan fingerprint density at radius 3 is 2.59 bits per heavy atom. The van der Waals surface area contributed by atoms with Crippen molar-refractivity contribution in [1.29, 1.82) is 0 Å². The Kier molecular flexibility index (Phi) is 6.02. The van der Waals surface area contributed by atoms with Crippen molar-refractivity contribution in [2.24, 2.45) is 0 Å². The minimum atomic E-state index is -0.0920. The molecule has 0 unspecified atom stereocenters. The summed E-state index contributed by atoms with van der Waals surface area (Å²) in [7, 11) is 0. The monoisotopic (exact) mass is 422 g/mol. The van der Waals surface area contributed by atoms with Crippen LogP contribution in [0, 0.1) is 0 Å². The van der Waals surface area contributed by atoms with Crippen molar-refractivity contribution in [2.75, 3.05) is 12.4 Å². The molecule has 4 nitrogen and oxygen atoms in total. The van der Waals surface area contributed by atoms with E-state index in [0.29, 0.717) is 28.8 Å². The molecule has 4 aromatic rings.